The van der Waals surface area contributed by atoms with Gasteiger partial charge in [-0.3, -0.25) is 0 Å². The average Bonchev–Trinajstić information content (AvgIpc) is 3.19. The smallest absolute Gasteiger partial charge is 0.105 e. The number of aliphatic hydroxyl groups is 1. The van der Waals surface area contributed by atoms with E-state index in [0.29, 0.717) is 16.4 Å². The predicted octanol–water partition coefficient (Wildman–Crippen LogP) is 1.93. The van der Waals surface area contributed by atoms with Gasteiger partial charge in [0.25, 0.3) is 0 Å². The van der Waals surface area contributed by atoms with Gasteiger partial charge < -0.3 is 9.84 Å². The van der Waals surface area contributed by atoms with E-state index in [2.05, 4.69) is 6.58 Å². The molecule has 3 nitrogen and oxygen atoms in total. The fourth-order valence-corrected chi connectivity index (χ4v) is 2.77. The zero-order chi connectivity index (χ0) is 13.1. The van der Waals surface area contributed by atoms with Crippen molar-refractivity contribution in [1.82, 2.24) is 0 Å². The van der Waals surface area contributed by atoms with Crippen LogP contribution in [0.3, 0.4) is 0 Å². The molecule has 0 amide bonds. The Balaban J connectivity index is 2.27. The van der Waals surface area contributed by atoms with Crippen LogP contribution in [-0.2, 0) is 15.5 Å². The lowest BCUT2D eigenvalue weighted by Crippen LogP contribution is -2.12. The van der Waals surface area contributed by atoms with Crippen LogP contribution in [-0.4, -0.2) is 28.1 Å². The Kier molecular flexibility index (Phi) is 4.11. The fourth-order valence-electron chi connectivity index (χ4n) is 1.52. The minimum absolute atomic E-state index is 0.0241. The molecular formula is C14H16O3S. The molecule has 2 rings (SSSR count). The maximum Gasteiger partial charge on any atom is 0.105 e. The first-order chi connectivity index (χ1) is 8.61. The van der Waals surface area contributed by atoms with Crippen molar-refractivity contribution in [2.75, 3.05) is 6.61 Å². The number of rotatable bonds is 5. The average molecular weight is 264 g/mol. The lowest BCUT2D eigenvalue weighted by atomic mass is 10.2. The second-order valence-corrected chi connectivity index (χ2v) is 5.68. The van der Waals surface area contributed by atoms with E-state index in [1.165, 1.54) is 6.08 Å². The van der Waals surface area contributed by atoms with Gasteiger partial charge in [0.05, 0.1) is 22.3 Å². The Labute approximate surface area is 109 Å². The number of aryl methyl sites for hydroxylation is 1. The number of epoxide rings is 1. The Morgan fingerprint density at radius 2 is 2.17 bits per heavy atom. The number of ether oxygens (including phenoxy) is 1. The van der Waals surface area contributed by atoms with Gasteiger partial charge in [-0.2, -0.15) is 0 Å². The summed E-state index contributed by atoms with van der Waals surface area (Å²) in [5.74, 6) is 0. The molecule has 0 spiro atoms. The van der Waals surface area contributed by atoms with Gasteiger partial charge in [-0.25, -0.2) is 4.21 Å². The molecule has 1 aliphatic heterocycles. The quantitative estimate of drug-likeness (QED) is 0.653. The highest BCUT2D eigenvalue weighted by atomic mass is 32.2. The molecule has 1 heterocycles. The van der Waals surface area contributed by atoms with Gasteiger partial charge in [-0.15, -0.1) is 6.58 Å². The Hall–Kier alpha value is -1.23. The number of benzene rings is 1. The summed E-state index contributed by atoms with van der Waals surface area (Å²) < 4.78 is 17.5. The highest BCUT2D eigenvalue weighted by molar-refractivity contribution is 7.89. The van der Waals surface area contributed by atoms with Crippen LogP contribution in [0.25, 0.3) is 0 Å². The summed E-state index contributed by atoms with van der Waals surface area (Å²) in [6, 6.07) is 7.42. The molecule has 0 aromatic heterocycles. The monoisotopic (exact) mass is 264 g/mol. The third kappa shape index (κ3) is 3.16. The molecule has 96 valence electrons. The molecule has 1 unspecified atom stereocenters. The van der Waals surface area contributed by atoms with E-state index in [1.54, 1.807) is 6.08 Å². The van der Waals surface area contributed by atoms with Crippen molar-refractivity contribution in [2.45, 2.75) is 24.0 Å². The molecule has 0 aliphatic carbocycles. The zero-order valence-electron chi connectivity index (χ0n) is 10.2. The molecule has 0 radical (unpaired) electrons. The molecule has 3 atom stereocenters. The third-order valence-electron chi connectivity index (χ3n) is 2.67. The fraction of sp³-hybridized carbons (Fsp3) is 0.286. The van der Waals surface area contributed by atoms with Crippen LogP contribution in [0.1, 0.15) is 5.56 Å². The van der Waals surface area contributed by atoms with Gasteiger partial charge in [0, 0.05) is 4.90 Å². The van der Waals surface area contributed by atoms with Crippen molar-refractivity contribution in [3.63, 3.8) is 0 Å². The molecule has 1 saturated heterocycles. The van der Waals surface area contributed by atoms with Gasteiger partial charge >= 0.3 is 0 Å². The molecule has 1 aromatic rings. The molecule has 1 N–H and O–H groups in total. The summed E-state index contributed by atoms with van der Waals surface area (Å²) in [6.45, 7) is 6.13. The summed E-state index contributed by atoms with van der Waals surface area (Å²) >= 11 is 0. The highest BCUT2D eigenvalue weighted by Gasteiger charge is 2.25. The predicted molar refractivity (Wildman–Crippen MR) is 71.6 cm³/mol. The Morgan fingerprint density at radius 1 is 1.56 bits per heavy atom. The van der Waals surface area contributed by atoms with Gasteiger partial charge in [-0.1, -0.05) is 23.8 Å². The summed E-state index contributed by atoms with van der Waals surface area (Å²) in [5, 5.41) is 9.85. The van der Waals surface area contributed by atoms with Gasteiger partial charge in [0.15, 0.2) is 0 Å². The molecule has 1 aliphatic rings. The Bertz CT molecular complexity index is 486. The molecular weight excluding hydrogens is 248 g/mol. The van der Waals surface area contributed by atoms with Crippen molar-refractivity contribution in [3.8, 4) is 0 Å². The number of hydrogen-bond acceptors (Lipinski definition) is 3. The first-order valence-electron chi connectivity index (χ1n) is 5.74. The highest BCUT2D eigenvalue weighted by Crippen LogP contribution is 2.22. The van der Waals surface area contributed by atoms with Gasteiger partial charge in [0.2, 0.25) is 0 Å². The summed E-state index contributed by atoms with van der Waals surface area (Å²) in [7, 11) is -1.38. The standard InChI is InChI=1S/C14H16O3S/c1-3-13(15)14(8-11-9-17-11)18(16)12-6-4-10(2)5-7-12/h3-8,11,13,15H,1,9H2,2H3/b14-8+/t11?,13-,18-/m0/s1. The van der Waals surface area contributed by atoms with Crippen molar-refractivity contribution in [3.05, 3.63) is 53.5 Å². The maximum absolute atomic E-state index is 12.4. The summed E-state index contributed by atoms with van der Waals surface area (Å²) in [6.07, 6.45) is 2.17. The zero-order valence-corrected chi connectivity index (χ0v) is 11.0. The van der Waals surface area contributed by atoms with E-state index < -0.39 is 16.9 Å². The van der Waals surface area contributed by atoms with E-state index in [-0.39, 0.29) is 6.10 Å². The van der Waals surface area contributed by atoms with Crippen molar-refractivity contribution < 1.29 is 14.1 Å². The molecule has 0 bridgehead atoms. The second-order valence-electron chi connectivity index (χ2n) is 4.20. The van der Waals surface area contributed by atoms with Crippen LogP contribution in [0.4, 0.5) is 0 Å². The van der Waals surface area contributed by atoms with Crippen LogP contribution >= 0.6 is 0 Å². The Morgan fingerprint density at radius 3 is 2.67 bits per heavy atom. The van der Waals surface area contributed by atoms with Crippen LogP contribution in [0.15, 0.2) is 52.8 Å². The van der Waals surface area contributed by atoms with Crippen LogP contribution < -0.4 is 0 Å². The molecule has 18 heavy (non-hydrogen) atoms. The van der Waals surface area contributed by atoms with E-state index in [1.807, 2.05) is 31.2 Å². The lowest BCUT2D eigenvalue weighted by Gasteiger charge is -2.11. The van der Waals surface area contributed by atoms with Crippen molar-refractivity contribution >= 4 is 10.8 Å². The van der Waals surface area contributed by atoms with Crippen LogP contribution in [0, 0.1) is 6.92 Å². The van der Waals surface area contributed by atoms with E-state index in [9.17, 15) is 9.32 Å². The lowest BCUT2D eigenvalue weighted by molar-refractivity contribution is 0.266. The first kappa shape index (κ1) is 13.2. The topological polar surface area (TPSA) is 49.8 Å². The minimum atomic E-state index is -1.38. The minimum Gasteiger partial charge on any atom is -0.384 e. The molecule has 1 fully saturated rings. The maximum atomic E-state index is 12.4. The number of aliphatic hydroxyl groups excluding tert-OH is 1. The van der Waals surface area contributed by atoms with Crippen LogP contribution in [0.5, 0.6) is 0 Å². The first-order valence-corrected chi connectivity index (χ1v) is 6.89. The third-order valence-corrected chi connectivity index (χ3v) is 4.18. The van der Waals surface area contributed by atoms with Crippen molar-refractivity contribution in [1.29, 1.82) is 0 Å². The SMILES string of the molecule is C=C[C@H](O)/C(=C\C1CO1)[S@@](=O)c1ccc(C)cc1. The molecule has 4 heteroatoms. The van der Waals surface area contributed by atoms with Crippen LogP contribution in [0.2, 0.25) is 0 Å². The van der Waals surface area contributed by atoms with Gasteiger partial charge in [0.1, 0.15) is 12.2 Å². The van der Waals surface area contributed by atoms with Gasteiger partial charge in [-0.05, 0) is 25.1 Å². The summed E-state index contributed by atoms with van der Waals surface area (Å²) in [4.78, 5) is 1.12. The van der Waals surface area contributed by atoms with E-state index in [0.717, 1.165) is 5.56 Å². The molecule has 0 saturated carbocycles. The normalized spacial score (nSPS) is 22.3. The largest absolute Gasteiger partial charge is 0.384 e. The van der Waals surface area contributed by atoms with E-state index >= 15 is 0 Å². The summed E-state index contributed by atoms with van der Waals surface area (Å²) in [5.41, 5.74) is 1.11. The van der Waals surface area contributed by atoms with Crippen molar-refractivity contribution in [2.24, 2.45) is 0 Å². The van der Waals surface area contributed by atoms with E-state index in [4.69, 9.17) is 4.74 Å². The second kappa shape index (κ2) is 5.61. The molecule has 1 aromatic carbocycles. The number of hydrogen-bond donors (Lipinski definition) is 1.